The minimum Gasteiger partial charge on any atom is -0.398 e. The Labute approximate surface area is 83.2 Å². The predicted octanol–water partition coefficient (Wildman–Crippen LogP) is 0.945. The van der Waals surface area contributed by atoms with Gasteiger partial charge in [-0.3, -0.25) is 4.79 Å². The zero-order chi connectivity index (χ0) is 10.6. The summed E-state index contributed by atoms with van der Waals surface area (Å²) in [7, 11) is 3.21. The third kappa shape index (κ3) is 2.55. The quantitative estimate of drug-likeness (QED) is 0.440. The number of hydrogen-bond donors (Lipinski definition) is 1. The summed E-state index contributed by atoms with van der Waals surface area (Å²) in [5, 5.41) is 1.45. The standard InChI is InChI=1S/C10H14N2O2/c1-12(14-2)7-10(13)8-5-3-4-6-9(8)11/h3-6H,7,11H2,1-2H3. The van der Waals surface area contributed by atoms with Crippen molar-refractivity contribution < 1.29 is 9.63 Å². The molecular weight excluding hydrogens is 180 g/mol. The van der Waals surface area contributed by atoms with Gasteiger partial charge in [0.1, 0.15) is 0 Å². The molecule has 0 heterocycles. The first-order chi connectivity index (χ1) is 6.65. The number of rotatable bonds is 4. The monoisotopic (exact) mass is 194 g/mol. The summed E-state index contributed by atoms with van der Waals surface area (Å²) in [6.07, 6.45) is 0. The number of hydrogen-bond acceptors (Lipinski definition) is 4. The molecule has 0 aliphatic heterocycles. The summed E-state index contributed by atoms with van der Waals surface area (Å²) < 4.78 is 0. The lowest BCUT2D eigenvalue weighted by atomic mass is 10.1. The Balaban J connectivity index is 2.75. The molecule has 0 spiro atoms. The maximum Gasteiger partial charge on any atom is 0.181 e. The number of anilines is 1. The molecule has 0 saturated heterocycles. The second-order valence-corrected chi connectivity index (χ2v) is 2.98. The summed E-state index contributed by atoms with van der Waals surface area (Å²) in [5.41, 5.74) is 6.70. The molecule has 1 rings (SSSR count). The number of para-hydroxylation sites is 1. The van der Waals surface area contributed by atoms with Crippen LogP contribution >= 0.6 is 0 Å². The molecule has 0 saturated carbocycles. The first-order valence-corrected chi connectivity index (χ1v) is 4.28. The van der Waals surface area contributed by atoms with Gasteiger partial charge in [-0.1, -0.05) is 12.1 Å². The highest BCUT2D eigenvalue weighted by Crippen LogP contribution is 2.11. The van der Waals surface area contributed by atoms with Gasteiger partial charge >= 0.3 is 0 Å². The van der Waals surface area contributed by atoms with Gasteiger partial charge in [-0.15, -0.1) is 0 Å². The second kappa shape index (κ2) is 4.74. The second-order valence-electron chi connectivity index (χ2n) is 2.98. The summed E-state index contributed by atoms with van der Waals surface area (Å²) in [6.45, 7) is 0.199. The Morgan fingerprint density at radius 2 is 2.14 bits per heavy atom. The van der Waals surface area contributed by atoms with E-state index in [9.17, 15) is 4.79 Å². The van der Waals surface area contributed by atoms with Crippen LogP contribution in [-0.2, 0) is 4.84 Å². The summed E-state index contributed by atoms with van der Waals surface area (Å²) in [5.74, 6) is -0.0487. The van der Waals surface area contributed by atoms with E-state index in [-0.39, 0.29) is 12.3 Å². The molecule has 0 aliphatic rings. The molecule has 2 N–H and O–H groups in total. The van der Waals surface area contributed by atoms with E-state index in [2.05, 4.69) is 0 Å². The molecule has 0 aliphatic carbocycles. The fraction of sp³-hybridized carbons (Fsp3) is 0.300. The van der Waals surface area contributed by atoms with E-state index >= 15 is 0 Å². The Hall–Kier alpha value is -1.39. The molecule has 0 bridgehead atoms. The smallest absolute Gasteiger partial charge is 0.181 e. The fourth-order valence-electron chi connectivity index (χ4n) is 1.10. The Morgan fingerprint density at radius 3 is 2.71 bits per heavy atom. The lowest BCUT2D eigenvalue weighted by Gasteiger charge is -2.12. The first-order valence-electron chi connectivity index (χ1n) is 4.28. The van der Waals surface area contributed by atoms with Gasteiger partial charge in [-0.2, -0.15) is 5.06 Å². The third-order valence-corrected chi connectivity index (χ3v) is 1.94. The van der Waals surface area contributed by atoms with Gasteiger partial charge < -0.3 is 10.6 Å². The predicted molar refractivity (Wildman–Crippen MR) is 54.8 cm³/mol. The van der Waals surface area contributed by atoms with Crippen molar-refractivity contribution in [2.75, 3.05) is 26.4 Å². The molecule has 0 amide bonds. The van der Waals surface area contributed by atoms with Gasteiger partial charge in [0.15, 0.2) is 5.78 Å². The van der Waals surface area contributed by atoms with Crippen molar-refractivity contribution in [3.8, 4) is 0 Å². The molecule has 1 aromatic rings. The number of benzene rings is 1. The molecule has 0 atom stereocenters. The highest BCUT2D eigenvalue weighted by Gasteiger charge is 2.10. The topological polar surface area (TPSA) is 55.6 Å². The van der Waals surface area contributed by atoms with Crippen LogP contribution in [0, 0.1) is 0 Å². The van der Waals surface area contributed by atoms with Crippen LogP contribution in [0.2, 0.25) is 0 Å². The van der Waals surface area contributed by atoms with Crippen molar-refractivity contribution in [2.45, 2.75) is 0 Å². The Bertz CT molecular complexity index is 326. The SMILES string of the molecule is CON(C)CC(=O)c1ccccc1N. The van der Waals surface area contributed by atoms with Crippen molar-refractivity contribution in [3.63, 3.8) is 0 Å². The molecule has 0 unspecified atom stereocenters. The molecule has 4 heteroatoms. The number of nitrogens with two attached hydrogens (primary N) is 1. The van der Waals surface area contributed by atoms with Gasteiger partial charge in [0, 0.05) is 18.3 Å². The number of hydroxylamine groups is 2. The van der Waals surface area contributed by atoms with Crippen molar-refractivity contribution in [1.82, 2.24) is 5.06 Å². The Kier molecular flexibility index (Phi) is 3.62. The highest BCUT2D eigenvalue weighted by molar-refractivity contribution is 6.01. The van der Waals surface area contributed by atoms with Crippen molar-refractivity contribution >= 4 is 11.5 Å². The van der Waals surface area contributed by atoms with Crippen LogP contribution in [0.3, 0.4) is 0 Å². The number of carbonyl (C=O) groups is 1. The molecule has 0 aromatic heterocycles. The maximum absolute atomic E-state index is 11.6. The van der Waals surface area contributed by atoms with Crippen molar-refractivity contribution in [3.05, 3.63) is 29.8 Å². The van der Waals surface area contributed by atoms with Crippen molar-refractivity contribution in [2.24, 2.45) is 0 Å². The van der Waals surface area contributed by atoms with Crippen LogP contribution in [0.25, 0.3) is 0 Å². The van der Waals surface area contributed by atoms with E-state index < -0.39 is 0 Å². The average molecular weight is 194 g/mol. The minimum absolute atomic E-state index is 0.0487. The molecule has 4 nitrogen and oxygen atoms in total. The van der Waals surface area contributed by atoms with E-state index in [1.165, 1.54) is 12.2 Å². The number of nitrogen functional groups attached to an aromatic ring is 1. The Morgan fingerprint density at radius 1 is 1.50 bits per heavy atom. The molecule has 14 heavy (non-hydrogen) atoms. The van der Waals surface area contributed by atoms with Crippen LogP contribution in [0.15, 0.2) is 24.3 Å². The lowest BCUT2D eigenvalue weighted by Crippen LogP contribution is -2.25. The first kappa shape index (κ1) is 10.7. The maximum atomic E-state index is 11.6. The van der Waals surface area contributed by atoms with Crippen LogP contribution in [0.5, 0.6) is 0 Å². The van der Waals surface area contributed by atoms with Gasteiger partial charge in [0.25, 0.3) is 0 Å². The van der Waals surface area contributed by atoms with E-state index in [0.717, 1.165) is 0 Å². The lowest BCUT2D eigenvalue weighted by molar-refractivity contribution is -0.100. The number of ketones is 1. The number of Topliss-reactive ketones (excluding diaryl/α,β-unsaturated/α-hetero) is 1. The van der Waals surface area contributed by atoms with E-state index in [4.69, 9.17) is 10.6 Å². The molecule has 0 radical (unpaired) electrons. The van der Waals surface area contributed by atoms with Gasteiger partial charge in [0.05, 0.1) is 13.7 Å². The fourth-order valence-corrected chi connectivity index (χ4v) is 1.10. The summed E-state index contributed by atoms with van der Waals surface area (Å²) in [4.78, 5) is 16.5. The van der Waals surface area contributed by atoms with Gasteiger partial charge in [0.2, 0.25) is 0 Å². The van der Waals surface area contributed by atoms with E-state index in [0.29, 0.717) is 11.3 Å². The molecule has 1 aromatic carbocycles. The number of carbonyl (C=O) groups excluding carboxylic acids is 1. The van der Waals surface area contributed by atoms with Gasteiger partial charge in [-0.25, -0.2) is 0 Å². The minimum atomic E-state index is -0.0487. The molecular formula is C10H14N2O2. The van der Waals surface area contributed by atoms with E-state index in [1.807, 2.05) is 0 Å². The highest BCUT2D eigenvalue weighted by atomic mass is 16.7. The average Bonchev–Trinajstić information content (AvgIpc) is 2.18. The summed E-state index contributed by atoms with van der Waals surface area (Å²) >= 11 is 0. The number of likely N-dealkylation sites (N-methyl/N-ethyl adjacent to an activating group) is 1. The van der Waals surface area contributed by atoms with Crippen LogP contribution < -0.4 is 5.73 Å². The van der Waals surface area contributed by atoms with Gasteiger partial charge in [-0.05, 0) is 12.1 Å². The molecule has 0 fully saturated rings. The summed E-state index contributed by atoms with van der Waals surface area (Å²) in [6, 6.07) is 7.00. The number of nitrogens with zero attached hydrogens (tertiary/aromatic N) is 1. The van der Waals surface area contributed by atoms with Crippen molar-refractivity contribution in [1.29, 1.82) is 0 Å². The van der Waals surface area contributed by atoms with Crippen LogP contribution in [-0.4, -0.2) is 31.5 Å². The zero-order valence-corrected chi connectivity index (χ0v) is 8.36. The van der Waals surface area contributed by atoms with E-state index in [1.54, 1.807) is 31.3 Å². The van der Waals surface area contributed by atoms with Crippen LogP contribution in [0.4, 0.5) is 5.69 Å². The zero-order valence-electron chi connectivity index (χ0n) is 8.36. The van der Waals surface area contributed by atoms with Crippen LogP contribution in [0.1, 0.15) is 10.4 Å². The third-order valence-electron chi connectivity index (χ3n) is 1.94. The normalized spacial score (nSPS) is 10.5. The largest absolute Gasteiger partial charge is 0.398 e. The molecule has 76 valence electrons.